The van der Waals surface area contributed by atoms with Crippen LogP contribution in [0.15, 0.2) is 28.3 Å². The maximum Gasteiger partial charge on any atom is 0.337 e. The molecule has 0 unspecified atom stereocenters. The van der Waals surface area contributed by atoms with Gasteiger partial charge >= 0.3 is 5.97 Å². The van der Waals surface area contributed by atoms with Crippen LogP contribution in [0.25, 0.3) is 0 Å². The minimum Gasteiger partial charge on any atom is -0.478 e. The number of nitrogen functional groups attached to an aromatic ring is 1. The van der Waals surface area contributed by atoms with Crippen molar-refractivity contribution in [1.82, 2.24) is 0 Å². The molecule has 5 heteroatoms. The van der Waals surface area contributed by atoms with Gasteiger partial charge in [0.25, 0.3) is 0 Å². The molecule has 0 heterocycles. The lowest BCUT2D eigenvalue weighted by molar-refractivity contribution is 0.0698. The number of carboxylic acid groups (broad SMARTS) is 1. The zero-order chi connectivity index (χ0) is 16.9. The highest BCUT2D eigenvalue weighted by Gasteiger charge is 2.19. The van der Waals surface area contributed by atoms with Crippen molar-refractivity contribution in [3.8, 4) is 0 Å². The van der Waals surface area contributed by atoms with E-state index < -0.39 is 5.97 Å². The summed E-state index contributed by atoms with van der Waals surface area (Å²) in [6, 6.07) is 3.00. The number of carboxylic acids is 1. The highest BCUT2D eigenvalue weighted by molar-refractivity contribution is 9.10. The summed E-state index contributed by atoms with van der Waals surface area (Å²) in [5.41, 5.74) is 7.37. The van der Waals surface area contributed by atoms with E-state index in [9.17, 15) is 9.59 Å². The Labute approximate surface area is 139 Å². The van der Waals surface area contributed by atoms with E-state index in [0.29, 0.717) is 10.9 Å². The first-order valence-corrected chi connectivity index (χ1v) is 8.00. The third-order valence-electron chi connectivity index (χ3n) is 3.42. The van der Waals surface area contributed by atoms with Crippen LogP contribution >= 0.6 is 15.9 Å². The third-order valence-corrected chi connectivity index (χ3v) is 3.88. The molecular formula is C17H22BrNO3. The highest BCUT2D eigenvalue weighted by atomic mass is 79.9. The monoisotopic (exact) mass is 367 g/mol. The SMILES string of the molecule is CC(C)=CCC[C@@H](C)CC(=O)c1cc(Br)cc(C(=O)O)c1N. The van der Waals surface area contributed by atoms with Crippen LogP contribution in [0.3, 0.4) is 0 Å². The number of carbonyl (C=O) groups excluding carboxylic acids is 1. The van der Waals surface area contributed by atoms with Gasteiger partial charge in [-0.25, -0.2) is 4.79 Å². The van der Waals surface area contributed by atoms with Crippen molar-refractivity contribution in [2.24, 2.45) is 5.92 Å². The fraction of sp³-hybridized carbons (Fsp3) is 0.412. The van der Waals surface area contributed by atoms with Crippen LogP contribution in [-0.2, 0) is 0 Å². The van der Waals surface area contributed by atoms with Crippen molar-refractivity contribution >= 4 is 33.4 Å². The molecule has 0 radical (unpaired) electrons. The second-order valence-corrected chi connectivity index (χ2v) is 6.73. The Morgan fingerprint density at radius 1 is 1.32 bits per heavy atom. The molecule has 1 rings (SSSR count). The maximum atomic E-state index is 12.4. The number of allylic oxidation sites excluding steroid dienone is 2. The number of aromatic carboxylic acids is 1. The molecule has 4 nitrogen and oxygen atoms in total. The van der Waals surface area contributed by atoms with Crippen LogP contribution in [-0.4, -0.2) is 16.9 Å². The van der Waals surface area contributed by atoms with Gasteiger partial charge in [0, 0.05) is 16.5 Å². The van der Waals surface area contributed by atoms with Crippen molar-refractivity contribution in [1.29, 1.82) is 0 Å². The molecule has 0 aliphatic heterocycles. The average Bonchev–Trinajstić information content (AvgIpc) is 2.40. The van der Waals surface area contributed by atoms with Crippen LogP contribution in [0.5, 0.6) is 0 Å². The predicted octanol–water partition coefficient (Wildman–Crippen LogP) is 4.68. The quantitative estimate of drug-likeness (QED) is 0.416. The minimum absolute atomic E-state index is 0.0391. The Hall–Kier alpha value is -1.62. The standard InChI is InChI=1S/C17H22BrNO3/c1-10(2)5-4-6-11(3)7-15(20)13-8-12(18)9-14(16(13)19)17(21)22/h5,8-9,11H,4,6-7,19H2,1-3H3,(H,21,22)/t11-/m1/s1. The highest BCUT2D eigenvalue weighted by Crippen LogP contribution is 2.26. The molecule has 0 aliphatic carbocycles. The van der Waals surface area contributed by atoms with Crippen LogP contribution in [0.2, 0.25) is 0 Å². The molecule has 120 valence electrons. The van der Waals surface area contributed by atoms with Gasteiger partial charge in [0.15, 0.2) is 5.78 Å². The number of anilines is 1. The van der Waals surface area contributed by atoms with Gasteiger partial charge in [0.2, 0.25) is 0 Å². The number of carbonyl (C=O) groups is 2. The van der Waals surface area contributed by atoms with Gasteiger partial charge in [0.1, 0.15) is 0 Å². The lowest BCUT2D eigenvalue weighted by Gasteiger charge is -2.12. The smallest absolute Gasteiger partial charge is 0.337 e. The number of rotatable bonds is 7. The van der Waals surface area contributed by atoms with Crippen molar-refractivity contribution in [3.05, 3.63) is 39.4 Å². The molecule has 22 heavy (non-hydrogen) atoms. The lowest BCUT2D eigenvalue weighted by atomic mass is 9.93. The largest absolute Gasteiger partial charge is 0.478 e. The third kappa shape index (κ3) is 5.30. The summed E-state index contributed by atoms with van der Waals surface area (Å²) in [6.07, 6.45) is 4.36. The first kappa shape index (κ1) is 18.4. The number of halogens is 1. The van der Waals surface area contributed by atoms with E-state index in [4.69, 9.17) is 10.8 Å². The zero-order valence-corrected chi connectivity index (χ0v) is 14.7. The van der Waals surface area contributed by atoms with Crippen LogP contribution in [0, 0.1) is 5.92 Å². The zero-order valence-electron chi connectivity index (χ0n) is 13.1. The van der Waals surface area contributed by atoms with E-state index >= 15 is 0 Å². The fourth-order valence-electron chi connectivity index (χ4n) is 2.21. The van der Waals surface area contributed by atoms with Crippen molar-refractivity contribution < 1.29 is 14.7 Å². The topological polar surface area (TPSA) is 80.4 Å². The first-order chi connectivity index (χ1) is 10.2. The van der Waals surface area contributed by atoms with Gasteiger partial charge in [-0.05, 0) is 44.7 Å². The Balaban J connectivity index is 2.85. The fourth-order valence-corrected chi connectivity index (χ4v) is 2.67. The van der Waals surface area contributed by atoms with Gasteiger partial charge in [-0.1, -0.05) is 34.5 Å². The molecule has 0 spiro atoms. The van der Waals surface area contributed by atoms with Gasteiger partial charge in [0.05, 0.1) is 11.3 Å². The van der Waals surface area contributed by atoms with Crippen molar-refractivity contribution in [3.63, 3.8) is 0 Å². The average molecular weight is 368 g/mol. The van der Waals surface area contributed by atoms with E-state index in [1.54, 1.807) is 6.07 Å². The van der Waals surface area contributed by atoms with Crippen LogP contribution < -0.4 is 5.73 Å². The van der Waals surface area contributed by atoms with E-state index in [1.165, 1.54) is 11.6 Å². The maximum absolute atomic E-state index is 12.4. The molecule has 0 amide bonds. The van der Waals surface area contributed by atoms with Crippen LogP contribution in [0.1, 0.15) is 60.7 Å². The Morgan fingerprint density at radius 3 is 2.45 bits per heavy atom. The number of benzene rings is 1. The lowest BCUT2D eigenvalue weighted by Crippen LogP contribution is -2.12. The number of hydrogen-bond acceptors (Lipinski definition) is 3. The van der Waals surface area contributed by atoms with E-state index in [0.717, 1.165) is 12.8 Å². The summed E-state index contributed by atoms with van der Waals surface area (Å²) in [5.74, 6) is -1.04. The summed E-state index contributed by atoms with van der Waals surface area (Å²) < 4.78 is 0.541. The van der Waals surface area contributed by atoms with Crippen LogP contribution in [0.4, 0.5) is 5.69 Å². The molecule has 0 aromatic heterocycles. The number of hydrogen-bond donors (Lipinski definition) is 2. The molecule has 0 aliphatic rings. The summed E-state index contributed by atoms with van der Waals surface area (Å²) in [6.45, 7) is 6.11. The van der Waals surface area contributed by atoms with Gasteiger partial charge < -0.3 is 10.8 Å². The normalized spacial score (nSPS) is 11.8. The Bertz CT molecular complexity index is 604. The van der Waals surface area contributed by atoms with E-state index in [1.807, 2.05) is 20.8 Å². The Kier molecular flexibility index (Phi) is 6.81. The summed E-state index contributed by atoms with van der Waals surface area (Å²) in [7, 11) is 0. The van der Waals surface area contributed by atoms with Crippen molar-refractivity contribution in [2.75, 3.05) is 5.73 Å². The minimum atomic E-state index is -1.13. The molecule has 0 saturated carbocycles. The second-order valence-electron chi connectivity index (χ2n) is 5.81. The van der Waals surface area contributed by atoms with Crippen molar-refractivity contribution in [2.45, 2.75) is 40.0 Å². The second kappa shape index (κ2) is 8.13. The number of nitrogens with two attached hydrogens (primary N) is 1. The number of Topliss-reactive ketones (excluding diaryl/α,β-unsaturated/α-hetero) is 1. The summed E-state index contributed by atoms with van der Waals surface area (Å²) in [5, 5.41) is 9.13. The molecule has 3 N–H and O–H groups in total. The molecule has 1 aromatic rings. The predicted molar refractivity (Wildman–Crippen MR) is 92.3 cm³/mol. The molecule has 0 fully saturated rings. The summed E-state index contributed by atoms with van der Waals surface area (Å²) >= 11 is 3.23. The number of ketones is 1. The van der Waals surface area contributed by atoms with E-state index in [-0.39, 0.29) is 28.5 Å². The molecule has 0 saturated heterocycles. The Morgan fingerprint density at radius 2 is 1.91 bits per heavy atom. The van der Waals surface area contributed by atoms with E-state index in [2.05, 4.69) is 22.0 Å². The van der Waals surface area contributed by atoms with Gasteiger partial charge in [-0.2, -0.15) is 0 Å². The summed E-state index contributed by atoms with van der Waals surface area (Å²) in [4.78, 5) is 23.5. The van der Waals surface area contributed by atoms with Gasteiger partial charge in [-0.3, -0.25) is 4.79 Å². The molecule has 1 atom stereocenters. The molecular weight excluding hydrogens is 346 g/mol. The van der Waals surface area contributed by atoms with Gasteiger partial charge in [-0.15, -0.1) is 0 Å². The first-order valence-electron chi connectivity index (χ1n) is 7.21. The molecule has 0 bridgehead atoms. The molecule has 1 aromatic carbocycles.